The van der Waals surface area contributed by atoms with Crippen LogP contribution in [-0.2, 0) is 29.2 Å². The fraction of sp³-hybridized carbons (Fsp3) is 0.250. The van der Waals surface area contributed by atoms with Crippen LogP contribution in [0.15, 0.2) is 107 Å². The molecule has 0 saturated carbocycles. The van der Waals surface area contributed by atoms with Crippen LogP contribution in [0.25, 0.3) is 11.1 Å². The van der Waals surface area contributed by atoms with Gasteiger partial charge < -0.3 is 25.2 Å². The molecule has 236 valence electrons. The highest BCUT2D eigenvalue weighted by molar-refractivity contribution is 8.01. The van der Waals surface area contributed by atoms with Crippen LogP contribution < -0.4 is 10.6 Å². The van der Waals surface area contributed by atoms with Gasteiger partial charge in [0, 0.05) is 30.8 Å². The summed E-state index contributed by atoms with van der Waals surface area (Å²) in [6, 6.07) is 33.9. The van der Waals surface area contributed by atoms with Gasteiger partial charge in [-0.2, -0.15) is 0 Å². The van der Waals surface area contributed by atoms with Crippen molar-refractivity contribution in [2.24, 2.45) is 0 Å². The van der Waals surface area contributed by atoms with Gasteiger partial charge in [0.2, 0.25) is 0 Å². The fourth-order valence-corrected chi connectivity index (χ4v) is 7.18. The van der Waals surface area contributed by atoms with Gasteiger partial charge in [0.05, 0.1) is 18.8 Å². The molecule has 0 spiro atoms. The molecule has 0 aliphatic carbocycles. The molecular weight excluding hydrogens is 617 g/mol. The summed E-state index contributed by atoms with van der Waals surface area (Å²) in [5.74, 6) is 0.733. The molecule has 3 atom stereocenters. The van der Waals surface area contributed by atoms with Gasteiger partial charge >= 0.3 is 6.03 Å². The molecule has 2 heterocycles. The quantitative estimate of drug-likeness (QED) is 0.128. The van der Waals surface area contributed by atoms with E-state index < -0.39 is 6.29 Å². The van der Waals surface area contributed by atoms with Crippen molar-refractivity contribution in [3.63, 3.8) is 0 Å². The average Bonchev–Trinajstić information content (AvgIpc) is 3.54. The first-order valence-electron chi connectivity index (χ1n) is 15.2. The molecule has 6 rings (SSSR count). The second kappa shape index (κ2) is 15.5. The Morgan fingerprint density at radius 1 is 0.848 bits per heavy atom. The van der Waals surface area contributed by atoms with Gasteiger partial charge in [0.25, 0.3) is 0 Å². The van der Waals surface area contributed by atoms with Crippen molar-refractivity contribution in [1.29, 1.82) is 0 Å². The van der Waals surface area contributed by atoms with E-state index in [-0.39, 0.29) is 24.8 Å². The SMILES string of the molecule is Cc1nnc(SCC2CC(c3ccc(CO)cc3)OC(c3ccc(-c4ccccc4CNC(=O)NCc4ccccc4)cc3)O2)s1. The Balaban J connectivity index is 1.14. The summed E-state index contributed by atoms with van der Waals surface area (Å²) < 4.78 is 14.0. The lowest BCUT2D eigenvalue weighted by Gasteiger charge is -2.36. The first-order valence-corrected chi connectivity index (χ1v) is 17.0. The monoisotopic (exact) mass is 652 g/mol. The Morgan fingerprint density at radius 3 is 2.30 bits per heavy atom. The fourth-order valence-electron chi connectivity index (χ4n) is 5.32. The van der Waals surface area contributed by atoms with Gasteiger partial charge in [-0.05, 0) is 40.3 Å². The topological polar surface area (TPSA) is 106 Å². The molecule has 4 aromatic carbocycles. The Morgan fingerprint density at radius 2 is 1.57 bits per heavy atom. The third-order valence-corrected chi connectivity index (χ3v) is 9.87. The molecule has 1 fully saturated rings. The molecule has 46 heavy (non-hydrogen) atoms. The first-order chi connectivity index (χ1) is 22.5. The van der Waals surface area contributed by atoms with Gasteiger partial charge in [-0.3, -0.25) is 0 Å². The highest BCUT2D eigenvalue weighted by Crippen LogP contribution is 2.40. The minimum absolute atomic E-state index is 0.00503. The predicted octanol–water partition coefficient (Wildman–Crippen LogP) is 7.34. The van der Waals surface area contributed by atoms with Crippen LogP contribution in [0.1, 0.15) is 51.6 Å². The largest absolute Gasteiger partial charge is 0.392 e. The minimum Gasteiger partial charge on any atom is -0.392 e. The van der Waals surface area contributed by atoms with Crippen molar-refractivity contribution in [3.05, 3.63) is 136 Å². The number of ether oxygens (including phenoxy) is 2. The molecule has 8 nitrogen and oxygen atoms in total. The molecule has 2 amide bonds. The van der Waals surface area contributed by atoms with E-state index in [0.717, 1.165) is 54.0 Å². The maximum atomic E-state index is 12.5. The summed E-state index contributed by atoms with van der Waals surface area (Å²) in [5, 5.41) is 24.7. The number of hydrogen-bond donors (Lipinski definition) is 3. The summed E-state index contributed by atoms with van der Waals surface area (Å²) in [7, 11) is 0. The van der Waals surface area contributed by atoms with E-state index in [1.165, 1.54) is 0 Å². The minimum atomic E-state index is -0.544. The van der Waals surface area contributed by atoms with Crippen LogP contribution in [0.2, 0.25) is 0 Å². The smallest absolute Gasteiger partial charge is 0.315 e. The van der Waals surface area contributed by atoms with Crippen LogP contribution >= 0.6 is 23.1 Å². The highest BCUT2D eigenvalue weighted by Gasteiger charge is 2.32. The first kappa shape index (κ1) is 31.9. The standard InChI is InChI=1S/C36H36N4O4S2/c1-24-39-40-36(46-24)45-23-31-19-33(28-13-11-26(22-41)12-14-28)44-34(43-31)29-17-15-27(16-18-29)32-10-6-5-9-30(32)21-38-35(42)37-20-25-7-3-2-4-8-25/h2-18,31,33-34,41H,19-23H2,1H3,(H2,37,38,42). The third kappa shape index (κ3) is 8.39. The van der Waals surface area contributed by atoms with Crippen LogP contribution in [0.5, 0.6) is 0 Å². The number of hydrogen-bond acceptors (Lipinski definition) is 8. The number of aliphatic hydroxyl groups is 1. The summed E-state index contributed by atoms with van der Waals surface area (Å²) in [6.07, 6.45) is -0.0583. The average molecular weight is 653 g/mol. The molecule has 10 heteroatoms. The number of urea groups is 1. The van der Waals surface area contributed by atoms with Crippen molar-refractivity contribution in [2.75, 3.05) is 5.75 Å². The Bertz CT molecular complexity index is 1710. The Kier molecular flexibility index (Phi) is 10.7. The maximum absolute atomic E-state index is 12.5. The number of carbonyl (C=O) groups excluding carboxylic acids is 1. The predicted molar refractivity (Wildman–Crippen MR) is 181 cm³/mol. The van der Waals surface area contributed by atoms with E-state index in [4.69, 9.17) is 9.47 Å². The van der Waals surface area contributed by atoms with E-state index in [9.17, 15) is 9.90 Å². The number of aryl methyl sites for hydroxylation is 1. The van der Waals surface area contributed by atoms with Crippen molar-refractivity contribution in [3.8, 4) is 11.1 Å². The van der Waals surface area contributed by atoms with E-state index in [0.29, 0.717) is 19.5 Å². The van der Waals surface area contributed by atoms with Crippen molar-refractivity contribution < 1.29 is 19.4 Å². The molecule has 0 radical (unpaired) electrons. The number of thioether (sulfide) groups is 1. The summed E-state index contributed by atoms with van der Waals surface area (Å²) >= 11 is 3.24. The lowest BCUT2D eigenvalue weighted by atomic mass is 9.98. The zero-order valence-corrected chi connectivity index (χ0v) is 27.1. The number of nitrogens with one attached hydrogen (secondary N) is 2. The lowest BCUT2D eigenvalue weighted by molar-refractivity contribution is -0.245. The van der Waals surface area contributed by atoms with E-state index in [2.05, 4.69) is 39.0 Å². The Labute approximate surface area is 277 Å². The summed E-state index contributed by atoms with van der Waals surface area (Å²) in [4.78, 5) is 12.5. The van der Waals surface area contributed by atoms with Gasteiger partial charge in [-0.1, -0.05) is 126 Å². The normalized spacial score (nSPS) is 17.8. The van der Waals surface area contributed by atoms with Crippen LogP contribution in [0, 0.1) is 6.92 Å². The van der Waals surface area contributed by atoms with Crippen molar-refractivity contribution >= 4 is 29.1 Å². The summed E-state index contributed by atoms with van der Waals surface area (Å²) in [6.45, 7) is 2.83. The molecule has 3 unspecified atom stereocenters. The highest BCUT2D eigenvalue weighted by atomic mass is 32.2. The molecule has 1 saturated heterocycles. The molecule has 1 aromatic heterocycles. The zero-order valence-electron chi connectivity index (χ0n) is 25.5. The van der Waals surface area contributed by atoms with E-state index >= 15 is 0 Å². The van der Waals surface area contributed by atoms with Gasteiger partial charge in [-0.15, -0.1) is 10.2 Å². The maximum Gasteiger partial charge on any atom is 0.315 e. The molecular formula is C36H36N4O4S2. The molecule has 1 aliphatic heterocycles. The number of amides is 2. The van der Waals surface area contributed by atoms with Crippen molar-refractivity contribution in [2.45, 2.75) is 55.9 Å². The second-order valence-electron chi connectivity index (χ2n) is 11.0. The third-order valence-electron chi connectivity index (χ3n) is 7.76. The molecule has 5 aromatic rings. The van der Waals surface area contributed by atoms with Gasteiger partial charge in [0.1, 0.15) is 5.01 Å². The zero-order chi connectivity index (χ0) is 31.7. The van der Waals surface area contributed by atoms with Gasteiger partial charge in [-0.25, -0.2) is 4.79 Å². The van der Waals surface area contributed by atoms with Gasteiger partial charge in [0.15, 0.2) is 10.6 Å². The summed E-state index contributed by atoms with van der Waals surface area (Å²) in [5.41, 5.74) is 7.00. The van der Waals surface area contributed by atoms with Crippen LogP contribution in [-0.4, -0.2) is 33.2 Å². The van der Waals surface area contributed by atoms with Crippen LogP contribution in [0.3, 0.4) is 0 Å². The number of aliphatic hydroxyl groups excluding tert-OH is 1. The lowest BCUT2D eigenvalue weighted by Crippen LogP contribution is -2.34. The molecule has 1 aliphatic rings. The molecule has 3 N–H and O–H groups in total. The number of nitrogens with zero attached hydrogens (tertiary/aromatic N) is 2. The van der Waals surface area contributed by atoms with E-state index in [1.54, 1.807) is 23.1 Å². The van der Waals surface area contributed by atoms with Crippen LogP contribution in [0.4, 0.5) is 4.79 Å². The van der Waals surface area contributed by atoms with E-state index in [1.807, 2.05) is 91.9 Å². The number of rotatable bonds is 11. The second-order valence-corrected chi connectivity index (χ2v) is 13.5. The molecule has 0 bridgehead atoms. The number of carbonyl (C=O) groups is 1. The number of benzene rings is 4. The number of aromatic nitrogens is 2. The Hall–Kier alpha value is -4.06. The van der Waals surface area contributed by atoms with Crippen molar-refractivity contribution in [1.82, 2.24) is 20.8 Å².